The predicted octanol–water partition coefficient (Wildman–Crippen LogP) is 9.09. The zero-order valence-corrected chi connectivity index (χ0v) is 33.0. The number of aryl methyl sites for hydroxylation is 1. The molecule has 0 saturated carbocycles. The van der Waals surface area contributed by atoms with Gasteiger partial charge in [-0.15, -0.1) is 6.58 Å². The zero-order chi connectivity index (χ0) is 39.3. The van der Waals surface area contributed by atoms with Gasteiger partial charge in [0.2, 0.25) is 0 Å². The summed E-state index contributed by atoms with van der Waals surface area (Å²) in [6, 6.07) is 7.81. The summed E-state index contributed by atoms with van der Waals surface area (Å²) < 4.78 is 65.2. The average Bonchev–Trinajstić information content (AvgIpc) is 3.13. The van der Waals surface area contributed by atoms with Crippen LogP contribution in [-0.4, -0.2) is 78.0 Å². The molecule has 2 aliphatic rings. The Hall–Kier alpha value is -3.59. The molecule has 4 heterocycles. The molecule has 0 radical (unpaired) electrons. The summed E-state index contributed by atoms with van der Waals surface area (Å²) in [5.41, 5.74) is 0.831. The number of nitrogens with zero attached hydrogens (tertiary/aromatic N) is 4. The quantitative estimate of drug-likeness (QED) is 0.108. The fraction of sp³-hybridized carbons (Fsp3) is 0.600. The van der Waals surface area contributed by atoms with Crippen LogP contribution in [0.25, 0.3) is 11.0 Å². The molecule has 2 fully saturated rings. The van der Waals surface area contributed by atoms with Crippen molar-refractivity contribution in [1.29, 1.82) is 0 Å². The van der Waals surface area contributed by atoms with E-state index in [0.717, 1.165) is 25.7 Å². The van der Waals surface area contributed by atoms with Crippen molar-refractivity contribution in [2.75, 3.05) is 37.0 Å². The van der Waals surface area contributed by atoms with Crippen molar-refractivity contribution < 1.29 is 32.2 Å². The van der Waals surface area contributed by atoms with Crippen LogP contribution >= 0.6 is 10.6 Å². The minimum Gasteiger partial charge on any atom is -0.444 e. The number of carbonyl (C=O) groups is 1. The standard InChI is InChI=1S/C40H57F2N5O6S/c1-7-32(52-6)14-9-8-10-19-47-36-34(25-33(37(47)48)28-17-22-54(50,51)23-18-28)35(43-26-44-36)45-27(2)29-12-11-13-31(24-29)40(41,42)30-15-20-46(21-16-30)38(49)53-39(3,4)5/h7,11-13,24-28,30,32,50-51H,1,8-10,14-23H2,2-6H3,(H,43,44,45)/t27-,32?/m1/s1. The summed E-state index contributed by atoms with van der Waals surface area (Å²) in [7, 11) is -0.987. The summed E-state index contributed by atoms with van der Waals surface area (Å²) in [6.45, 7) is 11.9. The molecule has 11 nitrogen and oxygen atoms in total. The second kappa shape index (κ2) is 17.5. The lowest BCUT2D eigenvalue weighted by atomic mass is 9.85. The fourth-order valence-electron chi connectivity index (χ4n) is 7.45. The molecule has 2 atom stereocenters. The number of rotatable bonds is 14. The van der Waals surface area contributed by atoms with E-state index >= 15 is 8.78 Å². The summed E-state index contributed by atoms with van der Waals surface area (Å²) in [5.74, 6) is -3.22. The maximum Gasteiger partial charge on any atom is 0.410 e. The van der Waals surface area contributed by atoms with Crippen LogP contribution in [0.3, 0.4) is 0 Å². The summed E-state index contributed by atoms with van der Waals surface area (Å²) in [4.78, 5) is 37.2. The molecule has 54 heavy (non-hydrogen) atoms. The lowest BCUT2D eigenvalue weighted by Crippen LogP contribution is -2.44. The number of hydrogen-bond acceptors (Lipinski definition) is 9. The second-order valence-corrected chi connectivity index (χ2v) is 18.1. The highest BCUT2D eigenvalue weighted by atomic mass is 32.3. The molecule has 2 aliphatic heterocycles. The summed E-state index contributed by atoms with van der Waals surface area (Å²) in [5, 5.41) is 4.06. The van der Waals surface area contributed by atoms with Gasteiger partial charge in [-0.2, -0.15) is 10.6 Å². The average molecular weight is 774 g/mol. The van der Waals surface area contributed by atoms with Crippen molar-refractivity contribution in [3.8, 4) is 0 Å². The highest BCUT2D eigenvalue weighted by Crippen LogP contribution is 2.48. The van der Waals surface area contributed by atoms with Crippen molar-refractivity contribution in [3.63, 3.8) is 0 Å². The largest absolute Gasteiger partial charge is 0.444 e. The molecule has 1 aromatic carbocycles. The normalized spacial score (nSPS) is 18.9. The number of aromatic nitrogens is 3. The van der Waals surface area contributed by atoms with Gasteiger partial charge >= 0.3 is 6.09 Å². The second-order valence-electron chi connectivity index (χ2n) is 15.7. The van der Waals surface area contributed by atoms with Crippen LogP contribution in [0.2, 0.25) is 0 Å². The number of methoxy groups -OCH3 is 1. The zero-order valence-electron chi connectivity index (χ0n) is 32.2. The third kappa shape index (κ3) is 10.2. The minimum absolute atomic E-state index is 0.0187. The van der Waals surface area contributed by atoms with E-state index in [1.54, 1.807) is 50.7 Å². The molecule has 0 aliphatic carbocycles. The number of fused-ring (bicyclic) bond motifs is 1. The first-order valence-electron chi connectivity index (χ1n) is 19.0. The summed E-state index contributed by atoms with van der Waals surface area (Å²) >= 11 is 0. The number of alkyl halides is 2. The Morgan fingerprint density at radius 1 is 1.09 bits per heavy atom. The van der Waals surface area contributed by atoms with Crippen molar-refractivity contribution >= 4 is 33.5 Å². The Kier molecular flexibility index (Phi) is 13.5. The topological polar surface area (TPSA) is 139 Å². The van der Waals surface area contributed by atoms with E-state index in [-0.39, 0.29) is 60.6 Å². The predicted molar refractivity (Wildman–Crippen MR) is 211 cm³/mol. The SMILES string of the molecule is C=CC(CCCCCn1c(=O)c(C2CCS(O)(O)CC2)cc2c(N[C@H](C)c3cccc(C(F)(F)C4CCN(C(=O)OC(C)(C)C)CC4)c3)ncnc21)OC. The number of likely N-dealkylation sites (tertiary alicyclic amines) is 1. The van der Waals surface area contributed by atoms with Gasteiger partial charge in [-0.25, -0.2) is 23.5 Å². The highest BCUT2D eigenvalue weighted by Gasteiger charge is 2.44. The maximum absolute atomic E-state index is 16.0. The number of nitrogens with one attached hydrogen (secondary N) is 1. The van der Waals surface area contributed by atoms with E-state index in [4.69, 9.17) is 9.47 Å². The van der Waals surface area contributed by atoms with Crippen molar-refractivity contribution in [1.82, 2.24) is 19.4 Å². The van der Waals surface area contributed by atoms with Gasteiger partial charge in [-0.3, -0.25) is 18.5 Å². The molecule has 3 aromatic rings. The number of hydrogen-bond donors (Lipinski definition) is 3. The van der Waals surface area contributed by atoms with Crippen molar-refractivity contribution in [2.45, 2.75) is 115 Å². The van der Waals surface area contributed by atoms with E-state index in [1.807, 2.05) is 13.0 Å². The van der Waals surface area contributed by atoms with E-state index in [2.05, 4.69) is 21.9 Å². The molecule has 0 spiro atoms. The maximum atomic E-state index is 16.0. The van der Waals surface area contributed by atoms with Crippen molar-refractivity contribution in [2.24, 2.45) is 5.92 Å². The van der Waals surface area contributed by atoms with Gasteiger partial charge in [0, 0.05) is 61.3 Å². The number of halogens is 2. The molecule has 298 valence electrons. The Labute approximate surface area is 318 Å². The molecule has 2 aromatic heterocycles. The van der Waals surface area contributed by atoms with E-state index in [1.165, 1.54) is 23.4 Å². The van der Waals surface area contributed by atoms with Crippen LogP contribution in [0.15, 0.2) is 54.1 Å². The molecule has 1 amide bonds. The van der Waals surface area contributed by atoms with Gasteiger partial charge in [0.1, 0.15) is 23.4 Å². The molecule has 0 bridgehead atoms. The van der Waals surface area contributed by atoms with Crippen LogP contribution in [-0.2, 0) is 21.9 Å². The highest BCUT2D eigenvalue weighted by molar-refractivity contribution is 8.24. The molecule has 1 unspecified atom stereocenters. The van der Waals surface area contributed by atoms with Gasteiger partial charge in [-0.1, -0.05) is 37.1 Å². The monoisotopic (exact) mass is 773 g/mol. The van der Waals surface area contributed by atoms with Crippen LogP contribution in [0, 0.1) is 5.92 Å². The van der Waals surface area contributed by atoms with E-state index in [0.29, 0.717) is 47.4 Å². The van der Waals surface area contributed by atoms with E-state index in [9.17, 15) is 18.7 Å². The lowest BCUT2D eigenvalue weighted by molar-refractivity contribution is -0.0861. The number of amides is 1. The molecule has 3 N–H and O–H groups in total. The number of ether oxygens (including phenoxy) is 2. The number of piperidine rings is 1. The Morgan fingerprint density at radius 3 is 2.44 bits per heavy atom. The van der Waals surface area contributed by atoms with Gasteiger partial charge in [0.25, 0.3) is 11.5 Å². The smallest absolute Gasteiger partial charge is 0.410 e. The third-order valence-corrected chi connectivity index (χ3v) is 12.4. The first kappa shape index (κ1) is 41.6. The Morgan fingerprint density at radius 2 is 1.80 bits per heavy atom. The fourth-order valence-corrected chi connectivity index (χ4v) is 8.98. The molecule has 14 heteroatoms. The van der Waals surface area contributed by atoms with Gasteiger partial charge in [-0.05, 0) is 89.8 Å². The van der Waals surface area contributed by atoms with Gasteiger partial charge in [0.15, 0.2) is 0 Å². The number of anilines is 1. The van der Waals surface area contributed by atoms with Crippen LogP contribution in [0.1, 0.15) is 108 Å². The van der Waals surface area contributed by atoms with Crippen LogP contribution < -0.4 is 10.9 Å². The van der Waals surface area contributed by atoms with Gasteiger partial charge in [0.05, 0.1) is 11.5 Å². The number of carbonyl (C=O) groups excluding carboxylic acids is 1. The van der Waals surface area contributed by atoms with Gasteiger partial charge < -0.3 is 19.7 Å². The molecule has 5 rings (SSSR count). The lowest BCUT2D eigenvalue weighted by Gasteiger charge is -2.39. The third-order valence-electron chi connectivity index (χ3n) is 10.7. The minimum atomic E-state index is -3.11. The molecule has 2 saturated heterocycles. The van der Waals surface area contributed by atoms with Crippen LogP contribution in [0.5, 0.6) is 0 Å². The van der Waals surface area contributed by atoms with E-state index < -0.39 is 40.2 Å². The number of pyridine rings is 1. The number of benzene rings is 1. The Bertz CT molecular complexity index is 1810. The number of unbranched alkanes of at least 4 members (excludes halogenated alkanes) is 2. The van der Waals surface area contributed by atoms with Crippen molar-refractivity contribution in [3.05, 3.63) is 76.4 Å². The van der Waals surface area contributed by atoms with Crippen LogP contribution in [0.4, 0.5) is 19.4 Å². The first-order valence-corrected chi connectivity index (χ1v) is 20.9. The summed E-state index contributed by atoms with van der Waals surface area (Å²) in [6.07, 6.45) is 7.31. The Balaban J connectivity index is 1.37. The molecular weight excluding hydrogens is 717 g/mol. The molecular formula is C40H57F2N5O6S. The first-order chi connectivity index (χ1) is 25.5.